The van der Waals surface area contributed by atoms with Crippen LogP contribution in [0.2, 0.25) is 0 Å². The minimum atomic E-state index is 0.964. The van der Waals surface area contributed by atoms with Gasteiger partial charge in [0, 0.05) is 26.4 Å². The number of hydrogen-bond acceptors (Lipinski definition) is 1. The van der Waals surface area contributed by atoms with Crippen molar-refractivity contribution in [2.45, 2.75) is 20.4 Å². The molecule has 0 radical (unpaired) electrons. The Balaban J connectivity index is 1.84. The summed E-state index contributed by atoms with van der Waals surface area (Å²) in [6, 6.07) is 27.0. The second-order valence-electron chi connectivity index (χ2n) is 7.55. The predicted molar refractivity (Wildman–Crippen MR) is 122 cm³/mol. The van der Waals surface area contributed by atoms with E-state index in [1.165, 1.54) is 58.7 Å². The highest BCUT2D eigenvalue weighted by Crippen LogP contribution is 2.43. The summed E-state index contributed by atoms with van der Waals surface area (Å²) in [5, 5.41) is 6.91. The van der Waals surface area contributed by atoms with Crippen molar-refractivity contribution in [2.24, 2.45) is 0 Å². The standard InChI is InChI=1S/C26H20NS/c1-3-27-21-14-15-23-25-19(18-6-4-5-7-22(18)28-23)12-13-20(24(21)25)26(27)17-10-8-16(2)9-11-17/h4-15H,3H2,1-2H3/q+1. The first-order valence-corrected chi connectivity index (χ1v) is 10.7. The van der Waals surface area contributed by atoms with Gasteiger partial charge in [0.05, 0.1) is 10.8 Å². The van der Waals surface area contributed by atoms with E-state index in [-0.39, 0.29) is 0 Å². The van der Waals surface area contributed by atoms with E-state index in [0.717, 1.165) is 6.54 Å². The largest absolute Gasteiger partial charge is 0.221 e. The molecule has 0 amide bonds. The van der Waals surface area contributed by atoms with E-state index in [1.807, 2.05) is 11.3 Å². The molecule has 0 atom stereocenters. The van der Waals surface area contributed by atoms with E-state index >= 15 is 0 Å². The lowest BCUT2D eigenvalue weighted by Gasteiger charge is -2.07. The first-order chi connectivity index (χ1) is 13.8. The Morgan fingerprint density at radius 2 is 1.50 bits per heavy atom. The van der Waals surface area contributed by atoms with E-state index in [1.54, 1.807) is 0 Å². The second-order valence-corrected chi connectivity index (χ2v) is 8.63. The number of aryl methyl sites for hydroxylation is 2. The molecular weight excluding hydrogens is 358 g/mol. The van der Waals surface area contributed by atoms with E-state index in [4.69, 9.17) is 0 Å². The van der Waals surface area contributed by atoms with Crippen molar-refractivity contribution in [1.82, 2.24) is 0 Å². The van der Waals surface area contributed by atoms with Gasteiger partial charge in [0.15, 0.2) is 0 Å². The maximum absolute atomic E-state index is 2.48. The molecular formula is C26H20NS+. The van der Waals surface area contributed by atoms with Crippen LogP contribution in [0, 0.1) is 6.92 Å². The molecule has 0 saturated carbocycles. The van der Waals surface area contributed by atoms with Crippen LogP contribution in [0.5, 0.6) is 0 Å². The molecule has 6 rings (SSSR count). The van der Waals surface area contributed by atoms with Crippen LogP contribution < -0.4 is 4.57 Å². The predicted octanol–water partition coefficient (Wildman–Crippen LogP) is 7.08. The molecule has 0 bridgehead atoms. The maximum atomic E-state index is 2.48. The van der Waals surface area contributed by atoms with Crippen LogP contribution in [0.15, 0.2) is 72.8 Å². The summed E-state index contributed by atoms with van der Waals surface area (Å²) < 4.78 is 5.20. The van der Waals surface area contributed by atoms with Crippen LogP contribution in [-0.4, -0.2) is 0 Å². The van der Waals surface area contributed by atoms with Crippen molar-refractivity contribution < 1.29 is 4.57 Å². The molecule has 2 heterocycles. The SMILES string of the molecule is CC[n+]1c(-c2ccc(C)cc2)c2ccc3c4ccccc4sc4ccc1c2c43. The summed E-state index contributed by atoms with van der Waals surface area (Å²) in [6.45, 7) is 5.36. The Hall–Kier alpha value is -2.97. The number of benzene rings is 4. The summed E-state index contributed by atoms with van der Waals surface area (Å²) in [4.78, 5) is 0. The zero-order valence-electron chi connectivity index (χ0n) is 16.0. The summed E-state index contributed by atoms with van der Waals surface area (Å²) in [6.07, 6.45) is 0. The molecule has 0 saturated heterocycles. The molecule has 0 aliphatic rings. The van der Waals surface area contributed by atoms with Gasteiger partial charge in [-0.15, -0.1) is 11.3 Å². The van der Waals surface area contributed by atoms with E-state index < -0.39 is 0 Å². The fourth-order valence-corrected chi connectivity index (χ4v) is 5.81. The van der Waals surface area contributed by atoms with Gasteiger partial charge in [-0.2, -0.15) is 4.57 Å². The molecule has 2 aromatic heterocycles. The first kappa shape index (κ1) is 16.0. The molecule has 0 N–H and O–H groups in total. The second kappa shape index (κ2) is 5.76. The van der Waals surface area contributed by atoms with E-state index in [2.05, 4.69) is 91.2 Å². The van der Waals surface area contributed by atoms with Crippen molar-refractivity contribution in [1.29, 1.82) is 0 Å². The fourth-order valence-electron chi connectivity index (χ4n) is 4.69. The minimum absolute atomic E-state index is 0.964. The molecule has 0 fully saturated rings. The van der Waals surface area contributed by atoms with Gasteiger partial charge in [-0.3, -0.25) is 0 Å². The van der Waals surface area contributed by atoms with E-state index in [0.29, 0.717) is 0 Å². The van der Waals surface area contributed by atoms with Gasteiger partial charge < -0.3 is 0 Å². The van der Waals surface area contributed by atoms with Crippen molar-refractivity contribution in [3.63, 3.8) is 0 Å². The fraction of sp³-hybridized carbons (Fsp3) is 0.115. The van der Waals surface area contributed by atoms with Crippen LogP contribution in [0.25, 0.3) is 53.1 Å². The normalized spacial score (nSPS) is 12.1. The van der Waals surface area contributed by atoms with Crippen LogP contribution in [0.1, 0.15) is 12.5 Å². The van der Waals surface area contributed by atoms with Gasteiger partial charge in [-0.25, -0.2) is 0 Å². The van der Waals surface area contributed by atoms with Crippen LogP contribution in [-0.2, 0) is 6.54 Å². The number of hydrogen-bond donors (Lipinski definition) is 0. The number of nitrogens with zero attached hydrogens (tertiary/aromatic N) is 1. The molecule has 134 valence electrons. The summed E-state index contributed by atoms with van der Waals surface area (Å²) in [5.41, 5.74) is 5.27. The number of fused-ring (bicyclic) bond motifs is 2. The monoisotopic (exact) mass is 378 g/mol. The third kappa shape index (κ3) is 2.04. The quantitative estimate of drug-likeness (QED) is 0.172. The molecule has 0 aliphatic heterocycles. The summed E-state index contributed by atoms with van der Waals surface area (Å²) >= 11 is 1.90. The molecule has 6 aromatic rings. The first-order valence-electron chi connectivity index (χ1n) is 9.85. The lowest BCUT2D eigenvalue weighted by molar-refractivity contribution is -0.654. The molecule has 0 unspecified atom stereocenters. The van der Waals surface area contributed by atoms with Crippen molar-refractivity contribution in [2.75, 3.05) is 0 Å². The molecule has 28 heavy (non-hydrogen) atoms. The highest BCUT2D eigenvalue weighted by molar-refractivity contribution is 7.25. The van der Waals surface area contributed by atoms with E-state index in [9.17, 15) is 0 Å². The molecule has 1 nitrogen and oxygen atoms in total. The number of aromatic nitrogens is 1. The topological polar surface area (TPSA) is 3.88 Å². The van der Waals surface area contributed by atoms with Crippen molar-refractivity contribution >= 4 is 53.2 Å². The zero-order chi connectivity index (χ0) is 18.8. The maximum Gasteiger partial charge on any atom is 0.221 e. The zero-order valence-corrected chi connectivity index (χ0v) is 16.8. The lowest BCUT2D eigenvalue weighted by atomic mass is 9.98. The third-order valence-electron chi connectivity index (χ3n) is 5.95. The highest BCUT2D eigenvalue weighted by Gasteiger charge is 2.27. The summed E-state index contributed by atoms with van der Waals surface area (Å²) in [7, 11) is 0. The van der Waals surface area contributed by atoms with Gasteiger partial charge in [-0.05, 0) is 55.0 Å². The van der Waals surface area contributed by atoms with Gasteiger partial charge in [0.25, 0.3) is 0 Å². The Bertz CT molecular complexity index is 1490. The minimum Gasteiger partial charge on any atom is -0.191 e. The average molecular weight is 379 g/mol. The van der Waals surface area contributed by atoms with Gasteiger partial charge in [0.2, 0.25) is 11.2 Å². The molecule has 0 aliphatic carbocycles. The lowest BCUT2D eigenvalue weighted by Crippen LogP contribution is -2.33. The Kier molecular flexibility index (Phi) is 3.30. The number of rotatable bonds is 2. The van der Waals surface area contributed by atoms with Crippen LogP contribution in [0.4, 0.5) is 0 Å². The third-order valence-corrected chi connectivity index (χ3v) is 7.09. The van der Waals surface area contributed by atoms with Crippen molar-refractivity contribution in [3.8, 4) is 11.3 Å². The Labute approximate surface area is 167 Å². The molecule has 0 spiro atoms. The van der Waals surface area contributed by atoms with Gasteiger partial charge >= 0.3 is 0 Å². The molecule has 2 heteroatoms. The summed E-state index contributed by atoms with van der Waals surface area (Å²) in [5.74, 6) is 0. The van der Waals surface area contributed by atoms with Gasteiger partial charge in [0.1, 0.15) is 6.54 Å². The Morgan fingerprint density at radius 3 is 2.32 bits per heavy atom. The smallest absolute Gasteiger partial charge is 0.191 e. The van der Waals surface area contributed by atoms with Crippen LogP contribution in [0.3, 0.4) is 0 Å². The van der Waals surface area contributed by atoms with Crippen LogP contribution >= 0.6 is 11.3 Å². The highest BCUT2D eigenvalue weighted by atomic mass is 32.1. The average Bonchev–Trinajstić information content (AvgIpc) is 3.07. The Morgan fingerprint density at radius 1 is 0.714 bits per heavy atom. The van der Waals surface area contributed by atoms with Crippen molar-refractivity contribution in [3.05, 3.63) is 78.4 Å². The van der Waals surface area contributed by atoms with Gasteiger partial charge in [-0.1, -0.05) is 42.0 Å². The molecule has 4 aromatic carbocycles.